The maximum absolute atomic E-state index is 5.96. The first-order chi connectivity index (χ1) is 8.72. The second-order valence-corrected chi connectivity index (χ2v) is 5.44. The number of rotatable bonds is 4. The minimum absolute atomic E-state index is 0.380. The quantitative estimate of drug-likeness (QED) is 0.906. The molecule has 0 amide bonds. The Morgan fingerprint density at radius 3 is 2.39 bits per heavy atom. The van der Waals surface area contributed by atoms with E-state index in [0.717, 1.165) is 10.9 Å². The molecule has 0 aliphatic heterocycles. The van der Waals surface area contributed by atoms with Gasteiger partial charge in [-0.15, -0.1) is 0 Å². The fourth-order valence-electron chi connectivity index (χ4n) is 2.29. The van der Waals surface area contributed by atoms with E-state index in [9.17, 15) is 0 Å². The summed E-state index contributed by atoms with van der Waals surface area (Å²) in [6.45, 7) is 2.82. The maximum atomic E-state index is 5.96. The van der Waals surface area contributed by atoms with Crippen molar-refractivity contribution in [3.63, 3.8) is 0 Å². The van der Waals surface area contributed by atoms with E-state index in [1.165, 1.54) is 16.7 Å². The average Bonchev–Trinajstić information content (AvgIpc) is 2.39. The molecule has 2 aromatic rings. The molecule has 0 radical (unpaired) electrons. The highest BCUT2D eigenvalue weighted by atomic mass is 79.9. The summed E-state index contributed by atoms with van der Waals surface area (Å²) in [4.78, 5) is 0. The van der Waals surface area contributed by atoms with E-state index >= 15 is 0 Å². The molecule has 2 rings (SSSR count). The van der Waals surface area contributed by atoms with E-state index in [1.807, 2.05) is 6.07 Å². The molecule has 0 saturated heterocycles. The SMILES string of the molecule is Cc1ccccc1C(CN)Cc1ccccc1Br. The van der Waals surface area contributed by atoms with Gasteiger partial charge in [-0.25, -0.2) is 0 Å². The highest BCUT2D eigenvalue weighted by Crippen LogP contribution is 2.26. The van der Waals surface area contributed by atoms with Crippen molar-refractivity contribution in [2.45, 2.75) is 19.3 Å². The maximum Gasteiger partial charge on any atom is 0.0207 e. The largest absolute Gasteiger partial charge is 0.330 e. The predicted molar refractivity (Wildman–Crippen MR) is 80.8 cm³/mol. The van der Waals surface area contributed by atoms with Crippen LogP contribution in [0.2, 0.25) is 0 Å². The predicted octanol–water partition coefficient (Wildman–Crippen LogP) is 4.04. The smallest absolute Gasteiger partial charge is 0.0207 e. The van der Waals surface area contributed by atoms with Crippen molar-refractivity contribution in [3.8, 4) is 0 Å². The first kappa shape index (κ1) is 13.3. The molecule has 0 saturated carbocycles. The zero-order chi connectivity index (χ0) is 13.0. The van der Waals surface area contributed by atoms with Gasteiger partial charge in [-0.05, 0) is 42.6 Å². The Hall–Kier alpha value is -1.12. The standard InChI is InChI=1S/C16H18BrN/c1-12-6-2-4-8-15(12)14(11-18)10-13-7-3-5-9-16(13)17/h2-9,14H,10-11,18H2,1H3. The molecule has 0 fully saturated rings. The van der Waals surface area contributed by atoms with Gasteiger partial charge in [-0.1, -0.05) is 58.4 Å². The van der Waals surface area contributed by atoms with Crippen molar-refractivity contribution in [1.29, 1.82) is 0 Å². The Kier molecular flexibility index (Phi) is 4.56. The van der Waals surface area contributed by atoms with Gasteiger partial charge in [0.2, 0.25) is 0 Å². The first-order valence-corrected chi connectivity index (χ1v) is 7.00. The number of hydrogen-bond donors (Lipinski definition) is 1. The molecule has 1 atom stereocenters. The van der Waals surface area contributed by atoms with Crippen molar-refractivity contribution < 1.29 is 0 Å². The summed E-state index contributed by atoms with van der Waals surface area (Å²) in [5.41, 5.74) is 9.95. The number of hydrogen-bond acceptors (Lipinski definition) is 1. The molecule has 1 nitrogen and oxygen atoms in total. The lowest BCUT2D eigenvalue weighted by Gasteiger charge is -2.18. The zero-order valence-corrected chi connectivity index (χ0v) is 12.2. The van der Waals surface area contributed by atoms with Crippen LogP contribution in [0.5, 0.6) is 0 Å². The van der Waals surface area contributed by atoms with Crippen LogP contribution in [0.15, 0.2) is 53.0 Å². The molecule has 1 unspecified atom stereocenters. The first-order valence-electron chi connectivity index (χ1n) is 6.21. The van der Waals surface area contributed by atoms with E-state index in [4.69, 9.17) is 5.73 Å². The van der Waals surface area contributed by atoms with Crippen molar-refractivity contribution in [3.05, 3.63) is 69.7 Å². The lowest BCUT2D eigenvalue weighted by Crippen LogP contribution is -2.16. The van der Waals surface area contributed by atoms with Crippen LogP contribution in [0.1, 0.15) is 22.6 Å². The Morgan fingerprint density at radius 2 is 1.72 bits per heavy atom. The Morgan fingerprint density at radius 1 is 1.06 bits per heavy atom. The van der Waals surface area contributed by atoms with Crippen LogP contribution in [0.4, 0.5) is 0 Å². The Labute approximate surface area is 117 Å². The van der Waals surface area contributed by atoms with Gasteiger partial charge in [0.05, 0.1) is 0 Å². The normalized spacial score (nSPS) is 12.4. The van der Waals surface area contributed by atoms with Crippen LogP contribution in [0, 0.1) is 6.92 Å². The van der Waals surface area contributed by atoms with Crippen molar-refractivity contribution in [1.82, 2.24) is 0 Å². The molecule has 2 aromatic carbocycles. The summed E-state index contributed by atoms with van der Waals surface area (Å²) >= 11 is 3.60. The van der Waals surface area contributed by atoms with Crippen LogP contribution in [-0.2, 0) is 6.42 Å². The fourth-order valence-corrected chi connectivity index (χ4v) is 2.74. The summed E-state index contributed by atoms with van der Waals surface area (Å²) in [7, 11) is 0. The second kappa shape index (κ2) is 6.17. The van der Waals surface area contributed by atoms with E-state index < -0.39 is 0 Å². The van der Waals surface area contributed by atoms with Crippen molar-refractivity contribution >= 4 is 15.9 Å². The van der Waals surface area contributed by atoms with E-state index in [0.29, 0.717) is 12.5 Å². The number of aryl methyl sites for hydroxylation is 1. The van der Waals surface area contributed by atoms with E-state index in [2.05, 4.69) is 65.3 Å². The van der Waals surface area contributed by atoms with Gasteiger partial charge in [-0.3, -0.25) is 0 Å². The highest BCUT2D eigenvalue weighted by Gasteiger charge is 2.13. The lowest BCUT2D eigenvalue weighted by atomic mass is 9.89. The monoisotopic (exact) mass is 303 g/mol. The van der Waals surface area contributed by atoms with Gasteiger partial charge in [0.25, 0.3) is 0 Å². The van der Waals surface area contributed by atoms with E-state index in [1.54, 1.807) is 0 Å². The number of halogens is 1. The minimum Gasteiger partial charge on any atom is -0.330 e. The van der Waals surface area contributed by atoms with Gasteiger partial charge in [-0.2, -0.15) is 0 Å². The molecule has 0 spiro atoms. The second-order valence-electron chi connectivity index (χ2n) is 4.58. The summed E-state index contributed by atoms with van der Waals surface area (Å²) in [5, 5.41) is 0. The highest BCUT2D eigenvalue weighted by molar-refractivity contribution is 9.10. The molecule has 2 heteroatoms. The third-order valence-electron chi connectivity index (χ3n) is 3.34. The zero-order valence-electron chi connectivity index (χ0n) is 10.6. The minimum atomic E-state index is 0.380. The molecule has 2 N–H and O–H groups in total. The topological polar surface area (TPSA) is 26.0 Å². The molecule has 0 aliphatic rings. The fraction of sp³-hybridized carbons (Fsp3) is 0.250. The molecule has 0 aliphatic carbocycles. The number of nitrogens with two attached hydrogens (primary N) is 1. The molecule has 0 heterocycles. The van der Waals surface area contributed by atoms with Crippen LogP contribution < -0.4 is 5.73 Å². The van der Waals surface area contributed by atoms with Crippen LogP contribution in [-0.4, -0.2) is 6.54 Å². The third-order valence-corrected chi connectivity index (χ3v) is 4.11. The van der Waals surface area contributed by atoms with Gasteiger partial charge < -0.3 is 5.73 Å². The van der Waals surface area contributed by atoms with Crippen LogP contribution in [0.25, 0.3) is 0 Å². The average molecular weight is 304 g/mol. The van der Waals surface area contributed by atoms with Crippen molar-refractivity contribution in [2.75, 3.05) is 6.54 Å². The molecule has 94 valence electrons. The lowest BCUT2D eigenvalue weighted by molar-refractivity contribution is 0.688. The van der Waals surface area contributed by atoms with Crippen LogP contribution in [0.3, 0.4) is 0 Å². The molecule has 0 aromatic heterocycles. The van der Waals surface area contributed by atoms with Gasteiger partial charge in [0.15, 0.2) is 0 Å². The summed E-state index contributed by atoms with van der Waals surface area (Å²) in [6.07, 6.45) is 0.975. The number of benzene rings is 2. The summed E-state index contributed by atoms with van der Waals surface area (Å²) < 4.78 is 1.16. The summed E-state index contributed by atoms with van der Waals surface area (Å²) in [6, 6.07) is 16.9. The van der Waals surface area contributed by atoms with Crippen molar-refractivity contribution in [2.24, 2.45) is 5.73 Å². The summed E-state index contributed by atoms with van der Waals surface area (Å²) in [5.74, 6) is 0.380. The van der Waals surface area contributed by atoms with Gasteiger partial charge >= 0.3 is 0 Å². The van der Waals surface area contributed by atoms with E-state index in [-0.39, 0.29) is 0 Å². The Balaban J connectivity index is 2.26. The van der Waals surface area contributed by atoms with Gasteiger partial charge in [0, 0.05) is 10.4 Å². The van der Waals surface area contributed by atoms with Crippen LogP contribution >= 0.6 is 15.9 Å². The molecular formula is C16H18BrN. The molecule has 18 heavy (non-hydrogen) atoms. The Bertz CT molecular complexity index is 522. The molecule has 0 bridgehead atoms. The molecular weight excluding hydrogens is 286 g/mol. The van der Waals surface area contributed by atoms with Gasteiger partial charge in [0.1, 0.15) is 0 Å². The third kappa shape index (κ3) is 3.01.